The quantitative estimate of drug-likeness (QED) is 0.489. The first-order chi connectivity index (χ1) is 6.86. The third-order valence-corrected chi connectivity index (χ3v) is 2.04. The number of aliphatic imine (C=N–C) groups is 1. The van der Waals surface area contributed by atoms with Crippen molar-refractivity contribution >= 4 is 11.4 Å². The number of rotatable bonds is 2. The molecular formula is C13H11N. The molecular weight excluding hydrogens is 170 g/mol. The van der Waals surface area contributed by atoms with Gasteiger partial charge in [0.25, 0.3) is 0 Å². The lowest BCUT2D eigenvalue weighted by Crippen LogP contribution is -1.90. The van der Waals surface area contributed by atoms with Crippen LogP contribution >= 0.6 is 0 Å². The van der Waals surface area contributed by atoms with E-state index in [0.29, 0.717) is 0 Å². The molecule has 0 aliphatic heterocycles. The number of allylic oxidation sites excluding steroid dienone is 3. The van der Waals surface area contributed by atoms with E-state index in [9.17, 15) is 0 Å². The van der Waals surface area contributed by atoms with E-state index in [4.69, 9.17) is 0 Å². The fourth-order valence-corrected chi connectivity index (χ4v) is 1.31. The maximum Gasteiger partial charge on any atom is 0.0633 e. The first kappa shape index (κ1) is 8.74. The van der Waals surface area contributed by atoms with E-state index in [1.807, 2.05) is 55.5 Å². The Morgan fingerprint density at radius 2 is 2.00 bits per heavy atom. The largest absolute Gasteiger partial charge is 0.252 e. The number of nitrogens with zero attached hydrogens (tertiary/aromatic N) is 1. The summed E-state index contributed by atoms with van der Waals surface area (Å²) in [5.74, 6) is 0. The summed E-state index contributed by atoms with van der Waals surface area (Å²) in [5, 5.41) is 0. The van der Waals surface area contributed by atoms with Crippen LogP contribution in [0.15, 0.2) is 64.9 Å². The highest BCUT2D eigenvalue weighted by atomic mass is 14.7. The Labute approximate surface area is 83.8 Å². The van der Waals surface area contributed by atoms with Gasteiger partial charge in [0.1, 0.15) is 0 Å². The second kappa shape index (κ2) is 3.91. The van der Waals surface area contributed by atoms with Crippen LogP contribution in [0.5, 0.6) is 0 Å². The van der Waals surface area contributed by atoms with E-state index in [0.717, 1.165) is 17.0 Å². The molecule has 1 aliphatic carbocycles. The predicted molar refractivity (Wildman–Crippen MR) is 59.9 cm³/mol. The van der Waals surface area contributed by atoms with Crippen molar-refractivity contribution in [2.24, 2.45) is 4.99 Å². The minimum atomic E-state index is 0.986. The van der Waals surface area contributed by atoms with Crippen LogP contribution in [0, 0.1) is 0 Å². The Balaban J connectivity index is 2.28. The van der Waals surface area contributed by atoms with Crippen molar-refractivity contribution in [1.82, 2.24) is 0 Å². The third-order valence-electron chi connectivity index (χ3n) is 2.04. The maximum absolute atomic E-state index is 4.49. The smallest absolute Gasteiger partial charge is 0.0633 e. The van der Waals surface area contributed by atoms with E-state index in [-0.39, 0.29) is 0 Å². The van der Waals surface area contributed by atoms with Crippen LogP contribution in [0.3, 0.4) is 0 Å². The lowest BCUT2D eigenvalue weighted by Gasteiger charge is -1.97. The van der Waals surface area contributed by atoms with Crippen molar-refractivity contribution in [3.8, 4) is 0 Å². The average Bonchev–Trinajstić information content (AvgIpc) is 2.72. The first-order valence-corrected chi connectivity index (χ1v) is 4.60. The molecule has 0 N–H and O–H groups in total. The average molecular weight is 181 g/mol. The number of hydrogen-bond acceptors (Lipinski definition) is 1. The van der Waals surface area contributed by atoms with Crippen molar-refractivity contribution < 1.29 is 0 Å². The molecule has 0 fully saturated rings. The molecule has 1 aromatic carbocycles. The summed E-state index contributed by atoms with van der Waals surface area (Å²) in [5.41, 5.74) is 6.18. The minimum absolute atomic E-state index is 0.986. The molecule has 0 saturated carbocycles. The molecule has 0 radical (unpaired) electrons. The van der Waals surface area contributed by atoms with Gasteiger partial charge in [0.05, 0.1) is 11.4 Å². The first-order valence-electron chi connectivity index (χ1n) is 4.60. The van der Waals surface area contributed by atoms with E-state index < -0.39 is 0 Å². The van der Waals surface area contributed by atoms with E-state index in [2.05, 4.69) is 10.7 Å². The van der Waals surface area contributed by atoms with Gasteiger partial charge in [0, 0.05) is 5.57 Å². The Morgan fingerprint density at radius 3 is 2.64 bits per heavy atom. The van der Waals surface area contributed by atoms with Crippen molar-refractivity contribution in [2.45, 2.75) is 6.92 Å². The van der Waals surface area contributed by atoms with Crippen LogP contribution in [0.4, 0.5) is 5.69 Å². The van der Waals surface area contributed by atoms with Gasteiger partial charge >= 0.3 is 0 Å². The molecule has 0 bridgehead atoms. The Kier molecular flexibility index (Phi) is 2.44. The Morgan fingerprint density at radius 1 is 1.21 bits per heavy atom. The van der Waals surface area contributed by atoms with Crippen molar-refractivity contribution in [2.75, 3.05) is 0 Å². The summed E-state index contributed by atoms with van der Waals surface area (Å²) in [7, 11) is 0. The normalized spacial score (nSPS) is 14.6. The second-order valence-electron chi connectivity index (χ2n) is 3.12. The molecule has 14 heavy (non-hydrogen) atoms. The molecule has 0 amide bonds. The summed E-state index contributed by atoms with van der Waals surface area (Å²) >= 11 is 0. The van der Waals surface area contributed by atoms with Gasteiger partial charge in [-0.3, -0.25) is 4.99 Å². The van der Waals surface area contributed by atoms with Crippen molar-refractivity contribution in [1.29, 1.82) is 0 Å². The zero-order chi connectivity index (χ0) is 9.80. The fraction of sp³-hybridized carbons (Fsp3) is 0.0769. The summed E-state index contributed by atoms with van der Waals surface area (Å²) in [4.78, 5) is 4.49. The molecule has 0 spiro atoms. The molecule has 68 valence electrons. The van der Waals surface area contributed by atoms with Crippen LogP contribution in [0.2, 0.25) is 0 Å². The van der Waals surface area contributed by atoms with Crippen LogP contribution in [0.25, 0.3) is 0 Å². The maximum atomic E-state index is 4.49. The molecule has 0 aromatic heterocycles. The van der Waals surface area contributed by atoms with Gasteiger partial charge in [-0.25, -0.2) is 0 Å². The van der Waals surface area contributed by atoms with Crippen LogP contribution in [-0.4, -0.2) is 5.71 Å². The molecule has 1 aromatic rings. The number of benzene rings is 1. The molecule has 1 nitrogen and oxygen atoms in total. The molecule has 1 heteroatoms. The van der Waals surface area contributed by atoms with Crippen molar-refractivity contribution in [3.63, 3.8) is 0 Å². The fourth-order valence-electron chi connectivity index (χ4n) is 1.31. The SMILES string of the molecule is CC(=Nc1ccccc1)C1=C=CC=C1. The molecule has 1 aliphatic rings. The standard InChI is InChI=1S/C13H11N/c1-11(12-7-5-6-8-12)14-13-9-3-2-4-10-13/h2-7,9-10H,1H3. The minimum Gasteiger partial charge on any atom is -0.252 e. The highest BCUT2D eigenvalue weighted by molar-refractivity contribution is 6.02. The van der Waals surface area contributed by atoms with Gasteiger partial charge in [-0.1, -0.05) is 24.3 Å². The lowest BCUT2D eigenvalue weighted by molar-refractivity contribution is 1.49. The van der Waals surface area contributed by atoms with Crippen LogP contribution in [0.1, 0.15) is 6.92 Å². The Hall–Kier alpha value is -1.85. The van der Waals surface area contributed by atoms with Gasteiger partial charge < -0.3 is 0 Å². The monoisotopic (exact) mass is 181 g/mol. The lowest BCUT2D eigenvalue weighted by atomic mass is 10.2. The summed E-state index contributed by atoms with van der Waals surface area (Å²) in [6.45, 7) is 2.00. The van der Waals surface area contributed by atoms with Crippen LogP contribution in [-0.2, 0) is 0 Å². The second-order valence-corrected chi connectivity index (χ2v) is 3.12. The van der Waals surface area contributed by atoms with Gasteiger partial charge in [0.2, 0.25) is 0 Å². The summed E-state index contributed by atoms with van der Waals surface area (Å²) < 4.78 is 0. The van der Waals surface area contributed by atoms with Crippen molar-refractivity contribution in [3.05, 3.63) is 59.9 Å². The zero-order valence-electron chi connectivity index (χ0n) is 8.07. The molecule has 0 atom stereocenters. The molecule has 2 rings (SSSR count). The van der Waals surface area contributed by atoms with Gasteiger partial charge in [-0.2, -0.15) is 0 Å². The van der Waals surface area contributed by atoms with E-state index in [1.165, 1.54) is 0 Å². The summed E-state index contributed by atoms with van der Waals surface area (Å²) in [6, 6.07) is 9.95. The summed E-state index contributed by atoms with van der Waals surface area (Å²) in [6.07, 6.45) is 5.89. The topological polar surface area (TPSA) is 12.4 Å². The zero-order valence-corrected chi connectivity index (χ0v) is 8.07. The molecule has 0 saturated heterocycles. The highest BCUT2D eigenvalue weighted by Gasteiger charge is 1.98. The molecule has 0 heterocycles. The van der Waals surface area contributed by atoms with Gasteiger partial charge in [0.15, 0.2) is 0 Å². The third kappa shape index (κ3) is 1.90. The van der Waals surface area contributed by atoms with E-state index >= 15 is 0 Å². The van der Waals surface area contributed by atoms with Gasteiger partial charge in [-0.05, 0) is 31.2 Å². The molecule has 0 unspecified atom stereocenters. The number of hydrogen-bond donors (Lipinski definition) is 0. The Bertz CT molecular complexity index is 443. The van der Waals surface area contributed by atoms with Crippen LogP contribution < -0.4 is 0 Å². The van der Waals surface area contributed by atoms with E-state index in [1.54, 1.807) is 0 Å². The predicted octanol–water partition coefficient (Wildman–Crippen LogP) is 3.43. The highest BCUT2D eigenvalue weighted by Crippen LogP contribution is 2.13. The number of para-hydroxylation sites is 1. The van der Waals surface area contributed by atoms with Gasteiger partial charge in [-0.15, -0.1) is 5.73 Å².